The number of nitrogens with one attached hydrogen (secondary N) is 1. The molecule has 3 aromatic rings. The van der Waals surface area contributed by atoms with Gasteiger partial charge in [-0.1, -0.05) is 0 Å². The van der Waals surface area contributed by atoms with E-state index in [4.69, 9.17) is 0 Å². The van der Waals surface area contributed by atoms with E-state index in [1.54, 1.807) is 24.0 Å². The second-order valence-corrected chi connectivity index (χ2v) is 8.39. The van der Waals surface area contributed by atoms with E-state index in [0.717, 1.165) is 19.3 Å². The Bertz CT molecular complexity index is 1100. The molecule has 4 atom stereocenters. The van der Waals surface area contributed by atoms with Gasteiger partial charge in [-0.3, -0.25) is 9.67 Å². The fourth-order valence-corrected chi connectivity index (χ4v) is 4.68. The molecule has 2 fully saturated rings. The molecule has 0 radical (unpaired) electrons. The molecule has 0 saturated carbocycles. The van der Waals surface area contributed by atoms with Crippen LogP contribution < -0.4 is 10.2 Å². The van der Waals surface area contributed by atoms with Gasteiger partial charge in [0.2, 0.25) is 0 Å². The third kappa shape index (κ3) is 3.52. The van der Waals surface area contributed by atoms with Crippen LogP contribution in [-0.2, 0) is 7.05 Å². The zero-order valence-corrected chi connectivity index (χ0v) is 17.3. The van der Waals surface area contributed by atoms with E-state index in [1.165, 1.54) is 24.5 Å². The van der Waals surface area contributed by atoms with Gasteiger partial charge in [0.05, 0.1) is 29.8 Å². The summed E-state index contributed by atoms with van der Waals surface area (Å²) < 4.78 is 31.1. The first-order chi connectivity index (χ1) is 14.9. The molecule has 2 N–H and O–H groups in total. The molecule has 2 bridgehead atoms. The van der Waals surface area contributed by atoms with Crippen molar-refractivity contribution in [1.29, 1.82) is 0 Å². The Morgan fingerprint density at radius 3 is 2.71 bits per heavy atom. The van der Waals surface area contributed by atoms with Crippen molar-refractivity contribution in [2.24, 2.45) is 7.05 Å². The number of aromatic hydroxyl groups is 1. The van der Waals surface area contributed by atoms with E-state index in [0.29, 0.717) is 23.2 Å². The first kappa shape index (κ1) is 19.9. The van der Waals surface area contributed by atoms with Crippen molar-refractivity contribution < 1.29 is 13.9 Å². The van der Waals surface area contributed by atoms with Crippen molar-refractivity contribution in [1.82, 2.24) is 25.1 Å². The van der Waals surface area contributed by atoms with Crippen LogP contribution in [0.5, 0.6) is 5.75 Å². The summed E-state index contributed by atoms with van der Waals surface area (Å²) in [4.78, 5) is 10.6. The van der Waals surface area contributed by atoms with Crippen LogP contribution in [0.2, 0.25) is 0 Å². The van der Waals surface area contributed by atoms with Crippen LogP contribution in [0.3, 0.4) is 0 Å². The molecule has 0 amide bonds. The van der Waals surface area contributed by atoms with Gasteiger partial charge in [0.15, 0.2) is 0 Å². The molecule has 5 rings (SSSR count). The van der Waals surface area contributed by atoms with Crippen molar-refractivity contribution in [3.63, 3.8) is 0 Å². The van der Waals surface area contributed by atoms with Crippen molar-refractivity contribution in [3.05, 3.63) is 42.6 Å². The normalized spacial score (nSPS) is 25.0. The van der Waals surface area contributed by atoms with Gasteiger partial charge in [0, 0.05) is 43.5 Å². The average molecular weight is 426 g/mol. The number of anilines is 1. The van der Waals surface area contributed by atoms with Crippen LogP contribution in [0, 0.1) is 5.82 Å². The SMILES string of the molecule is CN(c1cnc(-c2cc(F)c(-c3ccn(C)n3)cc2O)cn1)[C@@H]1CC2CCC(N2)[C@@H]1F. The summed E-state index contributed by atoms with van der Waals surface area (Å²) in [5, 5.41) is 18.0. The highest BCUT2D eigenvalue weighted by molar-refractivity contribution is 5.73. The molecule has 2 aliphatic heterocycles. The standard InChI is InChI=1S/C22H24F2N6O/c1-29-6-5-16(28-29)13-9-20(31)14(8-15(13)23)18-10-26-21(11-25-18)30(2)19-7-12-3-4-17(27-12)22(19)24/h5-6,8-12,17,19,22,27,31H,3-4,7H2,1-2H3/t12?,17?,19-,22+/m1/s1. The maximum Gasteiger partial charge on any atom is 0.147 e. The van der Waals surface area contributed by atoms with Gasteiger partial charge in [-0.15, -0.1) is 0 Å². The Morgan fingerprint density at radius 2 is 2.00 bits per heavy atom. The number of nitrogens with zero attached hydrogens (tertiary/aromatic N) is 5. The molecule has 2 aliphatic rings. The smallest absolute Gasteiger partial charge is 0.147 e. The van der Waals surface area contributed by atoms with Crippen LogP contribution in [-0.4, -0.2) is 56.2 Å². The van der Waals surface area contributed by atoms with Crippen molar-refractivity contribution in [3.8, 4) is 28.3 Å². The lowest BCUT2D eigenvalue weighted by atomic mass is 9.96. The molecule has 162 valence electrons. The topological polar surface area (TPSA) is 79.1 Å². The zero-order valence-electron chi connectivity index (χ0n) is 17.3. The van der Waals surface area contributed by atoms with Crippen molar-refractivity contribution >= 4 is 5.82 Å². The Labute approximate surface area is 178 Å². The molecule has 31 heavy (non-hydrogen) atoms. The number of aryl methyl sites for hydroxylation is 1. The number of phenolic OH excluding ortho intramolecular Hbond substituents is 1. The largest absolute Gasteiger partial charge is 0.507 e. The van der Waals surface area contributed by atoms with E-state index in [2.05, 4.69) is 20.4 Å². The van der Waals surface area contributed by atoms with E-state index in [-0.39, 0.29) is 29.0 Å². The number of fused-ring (bicyclic) bond motifs is 2. The van der Waals surface area contributed by atoms with Gasteiger partial charge in [-0.25, -0.2) is 13.8 Å². The maximum absolute atomic E-state index is 14.9. The molecular formula is C22H24F2N6O. The van der Waals surface area contributed by atoms with Crippen LogP contribution in [0.25, 0.3) is 22.5 Å². The Kier molecular flexibility index (Phi) is 4.85. The van der Waals surface area contributed by atoms with Crippen LogP contribution in [0.1, 0.15) is 19.3 Å². The van der Waals surface area contributed by atoms with E-state index < -0.39 is 12.0 Å². The molecule has 0 aliphatic carbocycles. The highest BCUT2D eigenvalue weighted by Crippen LogP contribution is 2.35. The number of hydrogen-bond donors (Lipinski definition) is 2. The van der Waals surface area contributed by atoms with E-state index in [1.807, 2.05) is 11.9 Å². The van der Waals surface area contributed by atoms with Gasteiger partial charge in [0.25, 0.3) is 0 Å². The fraction of sp³-hybridized carbons (Fsp3) is 0.409. The van der Waals surface area contributed by atoms with Gasteiger partial charge in [-0.05, 0) is 37.5 Å². The Balaban J connectivity index is 1.39. The summed E-state index contributed by atoms with van der Waals surface area (Å²) in [6.45, 7) is 0. The Morgan fingerprint density at radius 1 is 1.16 bits per heavy atom. The molecule has 2 aromatic heterocycles. The zero-order chi connectivity index (χ0) is 21.7. The number of halogens is 2. The van der Waals surface area contributed by atoms with E-state index in [9.17, 15) is 13.9 Å². The molecular weight excluding hydrogens is 402 g/mol. The lowest BCUT2D eigenvalue weighted by Crippen LogP contribution is -2.55. The third-order valence-electron chi connectivity index (χ3n) is 6.40. The quantitative estimate of drug-likeness (QED) is 0.668. The van der Waals surface area contributed by atoms with Crippen molar-refractivity contribution in [2.75, 3.05) is 11.9 Å². The number of phenols is 1. The summed E-state index contributed by atoms with van der Waals surface area (Å²) in [5.41, 5.74) is 1.22. The lowest BCUT2D eigenvalue weighted by molar-refractivity contribution is 0.176. The maximum atomic E-state index is 14.9. The number of aromatic nitrogens is 4. The van der Waals surface area contributed by atoms with Gasteiger partial charge in [-0.2, -0.15) is 5.10 Å². The van der Waals surface area contributed by atoms with Crippen LogP contribution >= 0.6 is 0 Å². The van der Waals surface area contributed by atoms with Gasteiger partial charge >= 0.3 is 0 Å². The number of benzene rings is 1. The number of alkyl halides is 1. The minimum atomic E-state index is -0.970. The minimum absolute atomic E-state index is 0.101. The molecule has 9 heteroatoms. The van der Waals surface area contributed by atoms with E-state index >= 15 is 0 Å². The van der Waals surface area contributed by atoms with Gasteiger partial charge < -0.3 is 15.3 Å². The monoisotopic (exact) mass is 426 g/mol. The predicted octanol–water partition coefficient (Wildman–Crippen LogP) is 3.06. The molecule has 2 saturated heterocycles. The molecule has 1 aromatic carbocycles. The Hall–Kier alpha value is -3.07. The summed E-state index contributed by atoms with van der Waals surface area (Å²) in [6, 6.07) is 4.22. The van der Waals surface area contributed by atoms with Crippen LogP contribution in [0.4, 0.5) is 14.6 Å². The highest BCUT2D eigenvalue weighted by Gasteiger charge is 2.43. The first-order valence-electron chi connectivity index (χ1n) is 10.4. The molecule has 2 unspecified atom stereocenters. The number of rotatable bonds is 4. The first-order valence-corrected chi connectivity index (χ1v) is 10.4. The highest BCUT2D eigenvalue weighted by atomic mass is 19.1. The van der Waals surface area contributed by atoms with Crippen molar-refractivity contribution in [2.45, 2.75) is 43.6 Å². The number of hydrogen-bond acceptors (Lipinski definition) is 6. The third-order valence-corrected chi connectivity index (χ3v) is 6.40. The second kappa shape index (κ2) is 7.56. The molecule has 7 nitrogen and oxygen atoms in total. The summed E-state index contributed by atoms with van der Waals surface area (Å²) >= 11 is 0. The summed E-state index contributed by atoms with van der Waals surface area (Å²) in [7, 11) is 3.56. The molecule has 0 spiro atoms. The number of piperidine rings is 1. The summed E-state index contributed by atoms with van der Waals surface area (Å²) in [6.07, 6.45) is 6.33. The predicted molar refractivity (Wildman–Crippen MR) is 113 cm³/mol. The fourth-order valence-electron chi connectivity index (χ4n) is 4.68. The van der Waals surface area contributed by atoms with Gasteiger partial charge in [0.1, 0.15) is 23.6 Å². The average Bonchev–Trinajstić information content (AvgIpc) is 3.38. The van der Waals surface area contributed by atoms with Crippen LogP contribution in [0.15, 0.2) is 36.8 Å². The minimum Gasteiger partial charge on any atom is -0.507 e. The second-order valence-electron chi connectivity index (χ2n) is 8.39. The summed E-state index contributed by atoms with van der Waals surface area (Å²) in [5.74, 6) is -0.0843. The lowest BCUT2D eigenvalue weighted by Gasteiger charge is -2.38. The molecule has 4 heterocycles.